The minimum atomic E-state index is 0.139. The fraction of sp³-hybridized carbons (Fsp3) is 0.438. The Labute approximate surface area is 124 Å². The van der Waals surface area contributed by atoms with E-state index in [2.05, 4.69) is 9.97 Å². The number of carbonyl (C=O) groups is 1. The second kappa shape index (κ2) is 6.18. The van der Waals surface area contributed by atoms with E-state index in [1.165, 1.54) is 0 Å². The highest BCUT2D eigenvalue weighted by atomic mass is 16.5. The molecule has 0 N–H and O–H groups in total. The van der Waals surface area contributed by atoms with Gasteiger partial charge in [-0.25, -0.2) is 4.98 Å². The Morgan fingerprint density at radius 1 is 1.38 bits per heavy atom. The maximum Gasteiger partial charge on any atom is 0.223 e. The molecule has 5 nitrogen and oxygen atoms in total. The Bertz CT molecular complexity index is 638. The highest BCUT2D eigenvalue weighted by Gasteiger charge is 2.21. The summed E-state index contributed by atoms with van der Waals surface area (Å²) in [5, 5.41) is 0. The van der Waals surface area contributed by atoms with Crippen molar-refractivity contribution in [1.29, 1.82) is 0 Å². The number of benzene rings is 1. The van der Waals surface area contributed by atoms with E-state index in [0.717, 1.165) is 29.8 Å². The van der Waals surface area contributed by atoms with Crippen LogP contribution in [0.15, 0.2) is 30.5 Å². The summed E-state index contributed by atoms with van der Waals surface area (Å²) in [5.74, 6) is 0.503. The van der Waals surface area contributed by atoms with Gasteiger partial charge in [-0.05, 0) is 24.5 Å². The van der Waals surface area contributed by atoms with E-state index >= 15 is 0 Å². The first-order valence-corrected chi connectivity index (χ1v) is 7.25. The molecule has 0 aliphatic carbocycles. The van der Waals surface area contributed by atoms with Gasteiger partial charge in [-0.1, -0.05) is 12.1 Å². The molecule has 1 aromatic heterocycles. The second-order valence-electron chi connectivity index (χ2n) is 5.53. The third-order valence-corrected chi connectivity index (χ3v) is 3.81. The molecule has 0 radical (unpaired) electrons. The lowest BCUT2D eigenvalue weighted by atomic mass is 10.0. The smallest absolute Gasteiger partial charge is 0.223 e. The quantitative estimate of drug-likeness (QED) is 0.862. The van der Waals surface area contributed by atoms with Gasteiger partial charge in [0, 0.05) is 26.7 Å². The van der Waals surface area contributed by atoms with Crippen LogP contribution in [-0.4, -0.2) is 41.0 Å². The molecule has 21 heavy (non-hydrogen) atoms. The number of amides is 1. The molecule has 1 fully saturated rings. The number of fused-ring (bicyclic) bond motifs is 1. The zero-order chi connectivity index (χ0) is 14.7. The van der Waals surface area contributed by atoms with Crippen LogP contribution < -0.4 is 0 Å². The fourth-order valence-corrected chi connectivity index (χ4v) is 2.55. The van der Waals surface area contributed by atoms with Crippen molar-refractivity contribution in [2.24, 2.45) is 5.92 Å². The van der Waals surface area contributed by atoms with Crippen LogP contribution in [0.3, 0.4) is 0 Å². The first-order valence-electron chi connectivity index (χ1n) is 7.25. The maximum atomic E-state index is 12.2. The van der Waals surface area contributed by atoms with Gasteiger partial charge in [0.05, 0.1) is 29.5 Å². The molecular weight excluding hydrogens is 266 g/mol. The third kappa shape index (κ3) is 3.36. The van der Waals surface area contributed by atoms with Crippen molar-refractivity contribution in [3.8, 4) is 0 Å². The molecule has 3 rings (SSSR count). The molecule has 1 aliphatic heterocycles. The average Bonchev–Trinajstić information content (AvgIpc) is 3.00. The zero-order valence-corrected chi connectivity index (χ0v) is 12.2. The van der Waals surface area contributed by atoms with Crippen LogP contribution in [0.2, 0.25) is 0 Å². The summed E-state index contributed by atoms with van der Waals surface area (Å²) < 4.78 is 5.31. The Hall–Kier alpha value is -2.01. The van der Waals surface area contributed by atoms with Crippen molar-refractivity contribution >= 4 is 16.9 Å². The van der Waals surface area contributed by atoms with Gasteiger partial charge < -0.3 is 9.64 Å². The molecule has 1 aliphatic rings. The largest absolute Gasteiger partial charge is 0.381 e. The van der Waals surface area contributed by atoms with Crippen molar-refractivity contribution < 1.29 is 9.53 Å². The van der Waals surface area contributed by atoms with E-state index in [1.807, 2.05) is 31.3 Å². The van der Waals surface area contributed by atoms with Crippen molar-refractivity contribution in [2.75, 3.05) is 20.3 Å². The van der Waals surface area contributed by atoms with Gasteiger partial charge >= 0.3 is 0 Å². The summed E-state index contributed by atoms with van der Waals surface area (Å²) in [6, 6.07) is 7.75. The summed E-state index contributed by atoms with van der Waals surface area (Å²) >= 11 is 0. The van der Waals surface area contributed by atoms with Crippen LogP contribution in [0.5, 0.6) is 0 Å². The van der Waals surface area contributed by atoms with Crippen molar-refractivity contribution in [2.45, 2.75) is 19.4 Å². The summed E-state index contributed by atoms with van der Waals surface area (Å²) in [4.78, 5) is 22.8. The molecule has 5 heteroatoms. The normalized spacial score (nSPS) is 18.0. The van der Waals surface area contributed by atoms with E-state index in [1.54, 1.807) is 11.1 Å². The van der Waals surface area contributed by atoms with Gasteiger partial charge in [-0.2, -0.15) is 0 Å². The van der Waals surface area contributed by atoms with Gasteiger partial charge in [-0.15, -0.1) is 0 Å². The number of rotatable bonds is 4. The van der Waals surface area contributed by atoms with Crippen LogP contribution in [-0.2, 0) is 16.1 Å². The predicted octanol–water partition coefficient (Wildman–Crippen LogP) is 2.01. The minimum Gasteiger partial charge on any atom is -0.381 e. The molecule has 0 bridgehead atoms. The molecule has 1 amide bonds. The molecular formula is C16H19N3O2. The molecule has 0 unspecified atom stereocenters. The molecule has 1 atom stereocenters. The van der Waals surface area contributed by atoms with Gasteiger partial charge in [0.15, 0.2) is 0 Å². The van der Waals surface area contributed by atoms with Crippen LogP contribution in [0, 0.1) is 5.92 Å². The highest BCUT2D eigenvalue weighted by molar-refractivity contribution is 5.76. The van der Waals surface area contributed by atoms with E-state index in [0.29, 0.717) is 25.5 Å². The summed E-state index contributed by atoms with van der Waals surface area (Å²) in [6.45, 7) is 1.97. The Kier molecular flexibility index (Phi) is 4.10. The number of hydrogen-bond acceptors (Lipinski definition) is 4. The number of aromatic nitrogens is 2. The van der Waals surface area contributed by atoms with Gasteiger partial charge in [0.2, 0.25) is 5.91 Å². The molecule has 1 aromatic carbocycles. The van der Waals surface area contributed by atoms with Crippen LogP contribution in [0.1, 0.15) is 18.5 Å². The number of para-hydroxylation sites is 2. The van der Waals surface area contributed by atoms with Crippen LogP contribution in [0.4, 0.5) is 0 Å². The van der Waals surface area contributed by atoms with E-state index in [4.69, 9.17) is 4.74 Å². The molecule has 0 spiro atoms. The van der Waals surface area contributed by atoms with Crippen molar-refractivity contribution in [3.63, 3.8) is 0 Å². The molecule has 110 valence electrons. The van der Waals surface area contributed by atoms with Gasteiger partial charge in [0.25, 0.3) is 0 Å². The monoisotopic (exact) mass is 285 g/mol. The Morgan fingerprint density at radius 2 is 2.19 bits per heavy atom. The zero-order valence-electron chi connectivity index (χ0n) is 12.2. The summed E-state index contributed by atoms with van der Waals surface area (Å²) in [5.41, 5.74) is 2.55. The average molecular weight is 285 g/mol. The van der Waals surface area contributed by atoms with Gasteiger partial charge in [-0.3, -0.25) is 9.78 Å². The topological polar surface area (TPSA) is 55.3 Å². The minimum absolute atomic E-state index is 0.139. The number of carbonyl (C=O) groups excluding carboxylic acids is 1. The fourth-order valence-electron chi connectivity index (χ4n) is 2.55. The van der Waals surface area contributed by atoms with Crippen LogP contribution in [0.25, 0.3) is 11.0 Å². The number of ether oxygens (including phenoxy) is 1. The lowest BCUT2D eigenvalue weighted by Crippen LogP contribution is -2.28. The number of hydrogen-bond donors (Lipinski definition) is 0. The first kappa shape index (κ1) is 13.9. The van der Waals surface area contributed by atoms with Crippen molar-refractivity contribution in [3.05, 3.63) is 36.2 Å². The predicted molar refractivity (Wildman–Crippen MR) is 79.6 cm³/mol. The molecule has 1 saturated heterocycles. The molecule has 0 saturated carbocycles. The van der Waals surface area contributed by atoms with E-state index in [9.17, 15) is 4.79 Å². The van der Waals surface area contributed by atoms with Gasteiger partial charge in [0.1, 0.15) is 0 Å². The SMILES string of the molecule is CN(Cc1cnc2ccccc2n1)C(=O)C[C@H]1CCOC1. The lowest BCUT2D eigenvalue weighted by molar-refractivity contribution is -0.131. The number of nitrogens with zero attached hydrogens (tertiary/aromatic N) is 3. The summed E-state index contributed by atoms with van der Waals surface area (Å²) in [6.07, 6.45) is 3.28. The second-order valence-corrected chi connectivity index (χ2v) is 5.53. The Balaban J connectivity index is 1.64. The lowest BCUT2D eigenvalue weighted by Gasteiger charge is -2.18. The van der Waals surface area contributed by atoms with Crippen molar-refractivity contribution in [1.82, 2.24) is 14.9 Å². The first-order chi connectivity index (χ1) is 10.2. The van der Waals surface area contributed by atoms with Crippen LogP contribution >= 0.6 is 0 Å². The standard InChI is InChI=1S/C16H19N3O2/c1-19(16(20)8-12-6-7-21-11-12)10-13-9-17-14-4-2-3-5-15(14)18-13/h2-5,9,12H,6-8,10-11H2,1H3/t12-/m1/s1. The van der Waals surface area contributed by atoms with E-state index in [-0.39, 0.29) is 5.91 Å². The molecule has 2 aromatic rings. The highest BCUT2D eigenvalue weighted by Crippen LogP contribution is 2.18. The third-order valence-electron chi connectivity index (χ3n) is 3.81. The molecule has 2 heterocycles. The Morgan fingerprint density at radius 3 is 2.95 bits per heavy atom. The van der Waals surface area contributed by atoms with E-state index < -0.39 is 0 Å². The maximum absolute atomic E-state index is 12.2. The summed E-state index contributed by atoms with van der Waals surface area (Å²) in [7, 11) is 1.81.